The molecule has 0 aromatic rings. The zero-order valence-corrected chi connectivity index (χ0v) is 60.2. The van der Waals surface area contributed by atoms with E-state index in [0.29, 0.717) is 25.7 Å². The van der Waals surface area contributed by atoms with E-state index >= 15 is 0 Å². The predicted octanol–water partition coefficient (Wildman–Crippen LogP) is 20.4. The van der Waals surface area contributed by atoms with Gasteiger partial charge >= 0.3 is 39.5 Å². The minimum absolute atomic E-state index is 0.105. The fourth-order valence-corrected chi connectivity index (χ4v) is 12.3. The second kappa shape index (κ2) is 63.1. The molecule has 0 aliphatic heterocycles. The molecule has 0 saturated carbocycles. The molecule has 0 rings (SSSR count). The van der Waals surface area contributed by atoms with Crippen LogP contribution in [0.3, 0.4) is 0 Å². The topological polar surface area (TPSA) is 237 Å². The van der Waals surface area contributed by atoms with Crippen LogP contribution in [-0.4, -0.2) is 96.7 Å². The normalized spacial score (nSPS) is 14.4. The van der Waals surface area contributed by atoms with E-state index in [1.165, 1.54) is 167 Å². The van der Waals surface area contributed by atoms with Crippen molar-refractivity contribution in [3.05, 3.63) is 0 Å². The molecule has 0 amide bonds. The number of carbonyl (C=O) groups excluding carboxylic acids is 4. The zero-order chi connectivity index (χ0) is 66.5. The summed E-state index contributed by atoms with van der Waals surface area (Å²) in [5.74, 6) is -0.600. The Balaban J connectivity index is 5.20. The Hall–Kier alpha value is -1.94. The molecular weight excluding hydrogens is 1190 g/mol. The van der Waals surface area contributed by atoms with Crippen LogP contribution in [0.2, 0.25) is 0 Å². The number of aliphatic hydroxyl groups is 1. The van der Waals surface area contributed by atoms with E-state index in [1.54, 1.807) is 0 Å². The molecule has 0 fully saturated rings. The van der Waals surface area contributed by atoms with Gasteiger partial charge in [0.25, 0.3) is 0 Å². The van der Waals surface area contributed by atoms with Crippen LogP contribution < -0.4 is 0 Å². The Bertz CT molecular complexity index is 1750. The Morgan fingerprint density at radius 2 is 0.567 bits per heavy atom. The van der Waals surface area contributed by atoms with Crippen LogP contribution in [0.25, 0.3) is 0 Å². The highest BCUT2D eigenvalue weighted by Gasteiger charge is 2.30. The monoisotopic (exact) mass is 1320 g/mol. The molecule has 3 N–H and O–H groups in total. The fourth-order valence-electron chi connectivity index (χ4n) is 10.7. The van der Waals surface area contributed by atoms with Crippen molar-refractivity contribution in [1.82, 2.24) is 0 Å². The van der Waals surface area contributed by atoms with Gasteiger partial charge in [-0.25, -0.2) is 9.13 Å². The number of phosphoric ester groups is 2. The number of rotatable bonds is 70. The Morgan fingerprint density at radius 3 is 0.844 bits per heavy atom. The lowest BCUT2D eigenvalue weighted by atomic mass is 9.99. The van der Waals surface area contributed by atoms with E-state index in [4.69, 9.17) is 37.0 Å². The minimum atomic E-state index is -4.95. The second-order valence-corrected chi connectivity index (χ2v) is 29.3. The minimum Gasteiger partial charge on any atom is -0.462 e. The van der Waals surface area contributed by atoms with E-state index < -0.39 is 97.5 Å². The number of unbranched alkanes of at least 4 members (excludes halogenated alkanes) is 39. The summed E-state index contributed by atoms with van der Waals surface area (Å²) in [5.41, 5.74) is 0. The summed E-state index contributed by atoms with van der Waals surface area (Å²) in [6.45, 7) is 9.51. The first-order valence-electron chi connectivity index (χ1n) is 37.0. The van der Waals surface area contributed by atoms with Crippen molar-refractivity contribution in [2.24, 2.45) is 11.8 Å². The Kier molecular flexibility index (Phi) is 61.8. The molecule has 0 aromatic heterocycles. The van der Waals surface area contributed by atoms with Crippen molar-refractivity contribution in [1.29, 1.82) is 0 Å². The van der Waals surface area contributed by atoms with Gasteiger partial charge in [0.05, 0.1) is 26.4 Å². The summed E-state index contributed by atoms with van der Waals surface area (Å²) in [5, 5.41) is 10.6. The molecule has 3 unspecified atom stereocenters. The summed E-state index contributed by atoms with van der Waals surface area (Å²) >= 11 is 0. The summed E-state index contributed by atoms with van der Waals surface area (Å²) in [6, 6.07) is 0. The van der Waals surface area contributed by atoms with E-state index in [0.717, 1.165) is 115 Å². The third-order valence-electron chi connectivity index (χ3n) is 16.8. The lowest BCUT2D eigenvalue weighted by molar-refractivity contribution is -0.161. The van der Waals surface area contributed by atoms with Crippen LogP contribution in [0, 0.1) is 11.8 Å². The highest BCUT2D eigenvalue weighted by Crippen LogP contribution is 2.45. The lowest BCUT2D eigenvalue weighted by Crippen LogP contribution is -2.30. The average molecular weight is 1330 g/mol. The molecule has 0 spiro atoms. The number of esters is 4. The van der Waals surface area contributed by atoms with Gasteiger partial charge in [0.15, 0.2) is 12.2 Å². The van der Waals surface area contributed by atoms with Gasteiger partial charge in [0.1, 0.15) is 19.3 Å². The van der Waals surface area contributed by atoms with Crippen molar-refractivity contribution in [2.45, 2.75) is 381 Å². The van der Waals surface area contributed by atoms with E-state index in [9.17, 15) is 43.2 Å². The fraction of sp³-hybridized carbons (Fsp3) is 0.944. The van der Waals surface area contributed by atoms with Crippen LogP contribution in [0.4, 0.5) is 0 Å². The van der Waals surface area contributed by atoms with Gasteiger partial charge in [-0.15, -0.1) is 0 Å². The molecule has 534 valence electrons. The van der Waals surface area contributed by atoms with Gasteiger partial charge in [0.2, 0.25) is 0 Å². The quantitative estimate of drug-likeness (QED) is 0.0222. The first-order chi connectivity index (χ1) is 43.4. The number of ether oxygens (including phenoxy) is 4. The van der Waals surface area contributed by atoms with Crippen LogP contribution in [-0.2, 0) is 65.4 Å². The van der Waals surface area contributed by atoms with Crippen LogP contribution in [0.1, 0.15) is 363 Å². The lowest BCUT2D eigenvalue weighted by Gasteiger charge is -2.21. The zero-order valence-electron chi connectivity index (χ0n) is 58.4. The number of phosphoric acid groups is 2. The highest BCUT2D eigenvalue weighted by molar-refractivity contribution is 7.47. The molecule has 0 heterocycles. The molecule has 0 radical (unpaired) electrons. The van der Waals surface area contributed by atoms with Crippen molar-refractivity contribution in [3.63, 3.8) is 0 Å². The largest absolute Gasteiger partial charge is 0.472 e. The molecule has 6 atom stereocenters. The predicted molar refractivity (Wildman–Crippen MR) is 363 cm³/mol. The van der Waals surface area contributed by atoms with E-state index in [2.05, 4.69) is 41.5 Å². The molecular formula is C71H138O17P2. The van der Waals surface area contributed by atoms with Gasteiger partial charge in [-0.1, -0.05) is 311 Å². The standard InChI is InChI=1S/C71H138O17P2/c1-7-10-12-14-16-17-18-19-20-21-22-23-24-25-30-37-43-49-55-70(75)87-67(60-82-69(74)54-48-42-36-29-27-26-28-34-39-45-51-63(4)5)62-86-90(79,80)84-58-65(72)57-83-89(77,78)85-61-66(59-81-68(73)53-47-41-33-15-13-11-8-2)88-71(76)56-50-44-38-32-31-35-40-46-52-64(6)9-3/h63-67,72H,7-62H2,1-6H3,(H,77,78)(H,79,80)/t64?,65-,66+,67+/m0/s1. The number of hydrogen-bond acceptors (Lipinski definition) is 15. The SMILES string of the molecule is CCCCCCCCCCCCCCCCCCCCC(=O)O[C@H](COC(=O)CCCCCCCCCCCCC(C)C)COP(=O)(O)OC[C@@H](O)COP(=O)(O)OC[C@@H](COC(=O)CCCCCCCCC)OC(=O)CCCCCCCCCCC(C)CC. The molecule has 19 heteroatoms. The highest BCUT2D eigenvalue weighted by atomic mass is 31.2. The van der Waals surface area contributed by atoms with Crippen LogP contribution >= 0.6 is 15.6 Å². The molecule has 90 heavy (non-hydrogen) atoms. The van der Waals surface area contributed by atoms with E-state index in [1.807, 2.05) is 0 Å². The summed E-state index contributed by atoms with van der Waals surface area (Å²) < 4.78 is 68.2. The Morgan fingerprint density at radius 1 is 0.322 bits per heavy atom. The van der Waals surface area contributed by atoms with Gasteiger partial charge in [-0.3, -0.25) is 37.3 Å². The average Bonchev–Trinajstić information content (AvgIpc) is 2.98. The smallest absolute Gasteiger partial charge is 0.462 e. The Labute approximate surface area is 549 Å². The van der Waals surface area contributed by atoms with Crippen LogP contribution in [0.5, 0.6) is 0 Å². The van der Waals surface area contributed by atoms with Crippen molar-refractivity contribution >= 4 is 39.5 Å². The summed E-state index contributed by atoms with van der Waals surface area (Å²) in [4.78, 5) is 72.5. The molecule has 0 aliphatic rings. The molecule has 0 saturated heterocycles. The summed E-state index contributed by atoms with van der Waals surface area (Å²) in [7, 11) is -9.90. The van der Waals surface area contributed by atoms with Crippen LogP contribution in [0.15, 0.2) is 0 Å². The van der Waals surface area contributed by atoms with Gasteiger partial charge in [0, 0.05) is 25.7 Å². The van der Waals surface area contributed by atoms with Gasteiger partial charge in [-0.2, -0.15) is 0 Å². The third-order valence-corrected chi connectivity index (χ3v) is 18.7. The summed E-state index contributed by atoms with van der Waals surface area (Å²) in [6.07, 6.45) is 48.7. The second-order valence-electron chi connectivity index (χ2n) is 26.3. The van der Waals surface area contributed by atoms with Crippen molar-refractivity contribution < 1.29 is 80.2 Å². The maximum Gasteiger partial charge on any atom is 0.472 e. The van der Waals surface area contributed by atoms with Crippen molar-refractivity contribution in [2.75, 3.05) is 39.6 Å². The first kappa shape index (κ1) is 88.1. The van der Waals surface area contributed by atoms with Crippen molar-refractivity contribution in [3.8, 4) is 0 Å². The molecule has 0 aliphatic carbocycles. The molecule has 0 aromatic carbocycles. The third kappa shape index (κ3) is 63.5. The number of hydrogen-bond donors (Lipinski definition) is 3. The molecule has 0 bridgehead atoms. The number of aliphatic hydroxyl groups excluding tert-OH is 1. The number of carbonyl (C=O) groups is 4. The first-order valence-corrected chi connectivity index (χ1v) is 40.0. The van der Waals surface area contributed by atoms with E-state index in [-0.39, 0.29) is 25.7 Å². The maximum absolute atomic E-state index is 13.0. The van der Waals surface area contributed by atoms with Gasteiger partial charge < -0.3 is 33.8 Å². The molecule has 17 nitrogen and oxygen atoms in total. The van der Waals surface area contributed by atoms with Gasteiger partial charge in [-0.05, 0) is 37.5 Å². The maximum atomic E-state index is 13.0.